The van der Waals surface area contributed by atoms with E-state index in [4.69, 9.17) is 11.6 Å². The second-order valence-electron chi connectivity index (χ2n) is 5.15. The van der Waals surface area contributed by atoms with Crippen LogP contribution in [0.4, 0.5) is 17.2 Å². The van der Waals surface area contributed by atoms with Crippen molar-refractivity contribution in [1.82, 2.24) is 9.88 Å². The minimum Gasteiger partial charge on any atom is -0.366 e. The molecular formula is C17H21ClN4. The van der Waals surface area contributed by atoms with E-state index in [1.54, 1.807) is 12.5 Å². The predicted octanol–water partition coefficient (Wildman–Crippen LogP) is 4.42. The van der Waals surface area contributed by atoms with E-state index in [9.17, 15) is 0 Å². The molecule has 0 aliphatic rings. The van der Waals surface area contributed by atoms with Crippen molar-refractivity contribution in [2.75, 3.05) is 25.5 Å². The van der Waals surface area contributed by atoms with Crippen LogP contribution in [0, 0.1) is 6.92 Å². The van der Waals surface area contributed by atoms with Crippen molar-refractivity contribution in [1.29, 1.82) is 0 Å². The Morgan fingerprint density at radius 1 is 1.27 bits per heavy atom. The van der Waals surface area contributed by atoms with Crippen LogP contribution < -0.4 is 4.90 Å². The van der Waals surface area contributed by atoms with Crippen LogP contribution in [0.1, 0.15) is 12.5 Å². The van der Waals surface area contributed by atoms with Crippen molar-refractivity contribution in [3.05, 3.63) is 47.1 Å². The number of benzene rings is 1. The van der Waals surface area contributed by atoms with Gasteiger partial charge in [0.1, 0.15) is 5.82 Å². The lowest BCUT2D eigenvalue weighted by Gasteiger charge is -2.21. The molecule has 0 aliphatic heterocycles. The van der Waals surface area contributed by atoms with Gasteiger partial charge in [-0.1, -0.05) is 17.7 Å². The molecule has 0 aliphatic carbocycles. The zero-order chi connectivity index (χ0) is 16.1. The summed E-state index contributed by atoms with van der Waals surface area (Å²) in [6.07, 6.45) is 3.57. The molecule has 0 bridgehead atoms. The fraction of sp³-hybridized carbons (Fsp3) is 0.294. The second kappa shape index (κ2) is 7.27. The first-order chi connectivity index (χ1) is 10.5. The van der Waals surface area contributed by atoms with Crippen LogP contribution in [0.5, 0.6) is 0 Å². The van der Waals surface area contributed by atoms with Gasteiger partial charge in [0.05, 0.1) is 17.0 Å². The molecule has 4 nitrogen and oxygen atoms in total. The SMILES string of the molecule is CCN(C)C=Nc1cc(C)c(N(C)c2ccccn2)cc1Cl. The lowest BCUT2D eigenvalue weighted by Crippen LogP contribution is -2.14. The minimum absolute atomic E-state index is 0.629. The Morgan fingerprint density at radius 3 is 2.68 bits per heavy atom. The summed E-state index contributed by atoms with van der Waals surface area (Å²) in [6.45, 7) is 5.03. The van der Waals surface area contributed by atoms with Gasteiger partial charge in [0.25, 0.3) is 0 Å². The van der Waals surface area contributed by atoms with Crippen molar-refractivity contribution in [3.63, 3.8) is 0 Å². The summed E-state index contributed by atoms with van der Waals surface area (Å²) >= 11 is 6.38. The monoisotopic (exact) mass is 316 g/mol. The van der Waals surface area contributed by atoms with E-state index in [1.807, 2.05) is 61.2 Å². The number of aromatic nitrogens is 1. The number of anilines is 2. The number of hydrogen-bond acceptors (Lipinski definition) is 3. The van der Waals surface area contributed by atoms with E-state index < -0.39 is 0 Å². The molecule has 116 valence electrons. The molecule has 0 unspecified atom stereocenters. The van der Waals surface area contributed by atoms with Crippen molar-refractivity contribution >= 4 is 35.1 Å². The van der Waals surface area contributed by atoms with Gasteiger partial charge >= 0.3 is 0 Å². The predicted molar refractivity (Wildman–Crippen MR) is 94.9 cm³/mol. The molecule has 0 saturated heterocycles. The van der Waals surface area contributed by atoms with E-state index in [1.165, 1.54) is 0 Å². The van der Waals surface area contributed by atoms with Crippen LogP contribution in [0.2, 0.25) is 5.02 Å². The van der Waals surface area contributed by atoms with E-state index in [2.05, 4.69) is 16.9 Å². The van der Waals surface area contributed by atoms with Crippen molar-refractivity contribution < 1.29 is 0 Å². The van der Waals surface area contributed by atoms with Gasteiger partial charge < -0.3 is 9.80 Å². The third-order valence-corrected chi connectivity index (χ3v) is 3.82. The third-order valence-electron chi connectivity index (χ3n) is 3.51. The molecule has 0 saturated carbocycles. The highest BCUT2D eigenvalue weighted by atomic mass is 35.5. The third kappa shape index (κ3) is 3.77. The minimum atomic E-state index is 0.629. The molecule has 0 N–H and O–H groups in total. The molecule has 22 heavy (non-hydrogen) atoms. The molecule has 1 heterocycles. The largest absolute Gasteiger partial charge is 0.366 e. The maximum absolute atomic E-state index is 6.38. The molecule has 5 heteroatoms. The summed E-state index contributed by atoms with van der Waals surface area (Å²) in [6, 6.07) is 9.77. The smallest absolute Gasteiger partial charge is 0.132 e. The van der Waals surface area contributed by atoms with Crippen LogP contribution in [0.15, 0.2) is 41.5 Å². The zero-order valence-corrected chi connectivity index (χ0v) is 14.2. The average Bonchev–Trinajstić information content (AvgIpc) is 2.55. The topological polar surface area (TPSA) is 31.7 Å². The van der Waals surface area contributed by atoms with Gasteiger partial charge in [-0.15, -0.1) is 0 Å². The van der Waals surface area contributed by atoms with Gasteiger partial charge in [0.2, 0.25) is 0 Å². The zero-order valence-electron chi connectivity index (χ0n) is 13.4. The quantitative estimate of drug-likeness (QED) is 0.604. The highest BCUT2D eigenvalue weighted by molar-refractivity contribution is 6.33. The highest BCUT2D eigenvalue weighted by Gasteiger charge is 2.11. The molecule has 0 spiro atoms. The lowest BCUT2D eigenvalue weighted by molar-refractivity contribution is 0.552. The fourth-order valence-electron chi connectivity index (χ4n) is 2.03. The Hall–Kier alpha value is -2.07. The molecule has 0 fully saturated rings. The van der Waals surface area contributed by atoms with E-state index in [0.29, 0.717) is 5.02 Å². The maximum Gasteiger partial charge on any atom is 0.132 e. The Labute approximate surface area is 137 Å². The number of rotatable bonds is 5. The Bertz CT molecular complexity index is 655. The van der Waals surface area contributed by atoms with Gasteiger partial charge in [0, 0.05) is 32.5 Å². The molecule has 2 aromatic rings. The van der Waals surface area contributed by atoms with Crippen molar-refractivity contribution in [2.24, 2.45) is 4.99 Å². The van der Waals surface area contributed by atoms with Crippen molar-refractivity contribution in [3.8, 4) is 0 Å². The van der Waals surface area contributed by atoms with Crippen LogP contribution in [-0.2, 0) is 0 Å². The van der Waals surface area contributed by atoms with Gasteiger partial charge in [-0.25, -0.2) is 9.98 Å². The summed E-state index contributed by atoms with van der Waals surface area (Å²) < 4.78 is 0. The second-order valence-corrected chi connectivity index (χ2v) is 5.56. The van der Waals surface area contributed by atoms with Crippen LogP contribution in [0.3, 0.4) is 0 Å². The first kappa shape index (κ1) is 16.3. The van der Waals surface area contributed by atoms with E-state index in [-0.39, 0.29) is 0 Å². The van der Waals surface area contributed by atoms with Gasteiger partial charge in [0.15, 0.2) is 0 Å². The summed E-state index contributed by atoms with van der Waals surface area (Å²) in [7, 11) is 3.96. The molecular weight excluding hydrogens is 296 g/mol. The molecule has 0 amide bonds. The van der Waals surface area contributed by atoms with Gasteiger partial charge in [-0.05, 0) is 43.7 Å². The Balaban J connectivity index is 2.32. The number of pyridine rings is 1. The number of hydrogen-bond donors (Lipinski definition) is 0. The van der Waals surface area contributed by atoms with E-state index in [0.717, 1.165) is 29.3 Å². The number of aryl methyl sites for hydroxylation is 1. The molecule has 2 rings (SSSR count). The lowest BCUT2D eigenvalue weighted by atomic mass is 10.1. The first-order valence-electron chi connectivity index (χ1n) is 7.22. The molecule has 1 aromatic carbocycles. The average molecular weight is 317 g/mol. The van der Waals surface area contributed by atoms with Crippen molar-refractivity contribution in [2.45, 2.75) is 13.8 Å². The van der Waals surface area contributed by atoms with Crippen LogP contribution in [-0.4, -0.2) is 36.9 Å². The molecule has 0 radical (unpaired) electrons. The summed E-state index contributed by atoms with van der Waals surface area (Å²) in [5.41, 5.74) is 2.90. The number of aliphatic imine (C=N–C) groups is 1. The Kier molecular flexibility index (Phi) is 5.39. The van der Waals surface area contributed by atoms with Crippen LogP contribution >= 0.6 is 11.6 Å². The highest BCUT2D eigenvalue weighted by Crippen LogP contribution is 2.34. The summed E-state index contributed by atoms with van der Waals surface area (Å²) in [4.78, 5) is 12.8. The summed E-state index contributed by atoms with van der Waals surface area (Å²) in [5, 5.41) is 0.629. The van der Waals surface area contributed by atoms with Gasteiger partial charge in [-0.2, -0.15) is 0 Å². The first-order valence-corrected chi connectivity index (χ1v) is 7.60. The van der Waals surface area contributed by atoms with E-state index >= 15 is 0 Å². The summed E-state index contributed by atoms with van der Waals surface area (Å²) in [5.74, 6) is 0.878. The standard InChI is InChI=1S/C17H21ClN4/c1-5-21(3)12-20-15-10-13(2)16(11-14(15)18)22(4)17-8-6-7-9-19-17/h6-12H,5H2,1-4H3. The molecule has 1 aromatic heterocycles. The van der Waals surface area contributed by atoms with Crippen LogP contribution in [0.25, 0.3) is 0 Å². The fourth-order valence-corrected chi connectivity index (χ4v) is 2.24. The van der Waals surface area contributed by atoms with Gasteiger partial charge in [-0.3, -0.25) is 0 Å². The normalized spacial score (nSPS) is 11.0. The molecule has 0 atom stereocenters. The number of nitrogens with zero attached hydrogens (tertiary/aromatic N) is 4. The Morgan fingerprint density at radius 2 is 2.05 bits per heavy atom. The maximum atomic E-state index is 6.38. The number of halogens is 1.